The summed E-state index contributed by atoms with van der Waals surface area (Å²) < 4.78 is 0. The standard InChI is InChI=1S/C12H20N2O2/c1-7(14-12(16)11(15)13-2)10-6-8-3-4-9(10)5-8/h7-10H,3-6H2,1-2H3,(H,13,15)(H,14,16). The molecule has 0 aromatic heterocycles. The third-order valence-electron chi connectivity index (χ3n) is 4.23. The summed E-state index contributed by atoms with van der Waals surface area (Å²) in [5, 5.41) is 5.15. The van der Waals surface area contributed by atoms with Gasteiger partial charge in [-0.1, -0.05) is 6.42 Å². The Morgan fingerprint density at radius 2 is 1.94 bits per heavy atom. The van der Waals surface area contributed by atoms with Crippen LogP contribution in [0.25, 0.3) is 0 Å². The van der Waals surface area contributed by atoms with Crippen molar-refractivity contribution in [1.82, 2.24) is 10.6 Å². The molecule has 4 unspecified atom stereocenters. The molecule has 2 bridgehead atoms. The van der Waals surface area contributed by atoms with Crippen LogP contribution in [0.5, 0.6) is 0 Å². The average molecular weight is 224 g/mol. The Morgan fingerprint density at radius 3 is 2.44 bits per heavy atom. The molecule has 4 nitrogen and oxygen atoms in total. The van der Waals surface area contributed by atoms with Crippen LogP contribution < -0.4 is 10.6 Å². The number of likely N-dealkylation sites (N-methyl/N-ethyl adjacent to an activating group) is 1. The molecule has 0 heterocycles. The van der Waals surface area contributed by atoms with E-state index in [0.29, 0.717) is 5.92 Å². The summed E-state index contributed by atoms with van der Waals surface area (Å²) in [5.74, 6) is 1.17. The van der Waals surface area contributed by atoms with Crippen molar-refractivity contribution < 1.29 is 9.59 Å². The van der Waals surface area contributed by atoms with Crippen LogP contribution in [-0.2, 0) is 9.59 Å². The second kappa shape index (κ2) is 4.44. The molecule has 2 fully saturated rings. The molecular formula is C12H20N2O2. The van der Waals surface area contributed by atoms with Crippen molar-refractivity contribution in [3.8, 4) is 0 Å². The zero-order chi connectivity index (χ0) is 11.7. The topological polar surface area (TPSA) is 58.2 Å². The minimum Gasteiger partial charge on any atom is -0.351 e. The number of carbonyl (C=O) groups excluding carboxylic acids is 2. The Kier molecular flexibility index (Phi) is 3.17. The third-order valence-corrected chi connectivity index (χ3v) is 4.23. The van der Waals surface area contributed by atoms with Gasteiger partial charge >= 0.3 is 11.8 Å². The maximum atomic E-state index is 11.4. The van der Waals surface area contributed by atoms with E-state index < -0.39 is 11.8 Å². The van der Waals surface area contributed by atoms with Gasteiger partial charge in [-0.15, -0.1) is 0 Å². The van der Waals surface area contributed by atoms with Crippen LogP contribution in [0.3, 0.4) is 0 Å². The summed E-state index contributed by atoms with van der Waals surface area (Å²) in [5.41, 5.74) is 0. The second-order valence-corrected chi connectivity index (χ2v) is 5.18. The van der Waals surface area contributed by atoms with Crippen LogP contribution in [0, 0.1) is 17.8 Å². The lowest BCUT2D eigenvalue weighted by Crippen LogP contribution is -2.46. The zero-order valence-electron chi connectivity index (χ0n) is 9.95. The van der Waals surface area contributed by atoms with Crippen molar-refractivity contribution in [3.05, 3.63) is 0 Å². The summed E-state index contributed by atoms with van der Waals surface area (Å²) in [4.78, 5) is 22.5. The normalized spacial score (nSPS) is 33.5. The molecule has 2 amide bonds. The molecule has 2 saturated carbocycles. The van der Waals surface area contributed by atoms with E-state index in [-0.39, 0.29) is 6.04 Å². The van der Waals surface area contributed by atoms with E-state index in [0.717, 1.165) is 11.8 Å². The Labute approximate surface area is 96.2 Å². The fraction of sp³-hybridized carbons (Fsp3) is 0.833. The first kappa shape index (κ1) is 11.4. The van der Waals surface area contributed by atoms with Gasteiger partial charge < -0.3 is 10.6 Å². The van der Waals surface area contributed by atoms with Crippen molar-refractivity contribution >= 4 is 11.8 Å². The molecule has 0 aliphatic heterocycles. The molecule has 0 radical (unpaired) electrons. The van der Waals surface area contributed by atoms with E-state index >= 15 is 0 Å². The lowest BCUT2D eigenvalue weighted by molar-refractivity contribution is -0.139. The summed E-state index contributed by atoms with van der Waals surface area (Å²) in [6.45, 7) is 2.02. The highest BCUT2D eigenvalue weighted by Crippen LogP contribution is 2.49. The minimum atomic E-state index is -0.546. The van der Waals surface area contributed by atoms with Crippen molar-refractivity contribution in [1.29, 1.82) is 0 Å². The molecule has 0 saturated heterocycles. The number of rotatable bonds is 2. The van der Waals surface area contributed by atoms with Crippen LogP contribution in [0.15, 0.2) is 0 Å². The molecule has 4 heteroatoms. The molecular weight excluding hydrogens is 204 g/mol. The van der Waals surface area contributed by atoms with Gasteiger partial charge in [0.25, 0.3) is 0 Å². The largest absolute Gasteiger partial charge is 0.351 e. The number of hydrogen-bond acceptors (Lipinski definition) is 2. The summed E-state index contributed by atoms with van der Waals surface area (Å²) in [6.07, 6.45) is 5.21. The Bertz CT molecular complexity index is 303. The fourth-order valence-corrected chi connectivity index (χ4v) is 3.40. The van der Waals surface area contributed by atoms with Gasteiger partial charge in [-0.3, -0.25) is 9.59 Å². The van der Waals surface area contributed by atoms with E-state index in [1.807, 2.05) is 6.92 Å². The van der Waals surface area contributed by atoms with E-state index in [1.165, 1.54) is 32.7 Å². The predicted octanol–water partition coefficient (Wildman–Crippen LogP) is 0.673. The Balaban J connectivity index is 1.86. The number of nitrogens with one attached hydrogen (secondary N) is 2. The van der Waals surface area contributed by atoms with Gasteiger partial charge in [0.2, 0.25) is 0 Å². The molecule has 2 aliphatic rings. The lowest BCUT2D eigenvalue weighted by Gasteiger charge is -2.28. The Morgan fingerprint density at radius 1 is 1.19 bits per heavy atom. The van der Waals surface area contributed by atoms with Crippen LogP contribution in [0.1, 0.15) is 32.6 Å². The van der Waals surface area contributed by atoms with E-state index in [9.17, 15) is 9.59 Å². The first-order chi connectivity index (χ1) is 7.61. The maximum absolute atomic E-state index is 11.4. The van der Waals surface area contributed by atoms with Gasteiger partial charge in [0.1, 0.15) is 0 Å². The average Bonchev–Trinajstić information content (AvgIpc) is 2.89. The number of carbonyl (C=O) groups is 2. The van der Waals surface area contributed by atoms with Crippen molar-refractivity contribution in [2.75, 3.05) is 7.05 Å². The highest BCUT2D eigenvalue weighted by Gasteiger charge is 2.42. The molecule has 0 spiro atoms. The summed E-state index contributed by atoms with van der Waals surface area (Å²) in [6, 6.07) is 0.125. The fourth-order valence-electron chi connectivity index (χ4n) is 3.40. The van der Waals surface area contributed by atoms with Gasteiger partial charge in [-0.2, -0.15) is 0 Å². The monoisotopic (exact) mass is 224 g/mol. The van der Waals surface area contributed by atoms with E-state index in [1.54, 1.807) is 0 Å². The first-order valence-electron chi connectivity index (χ1n) is 6.14. The summed E-state index contributed by atoms with van der Waals surface area (Å²) in [7, 11) is 1.48. The molecule has 2 aliphatic carbocycles. The van der Waals surface area contributed by atoms with Crippen molar-refractivity contribution in [2.45, 2.75) is 38.6 Å². The summed E-state index contributed by atoms with van der Waals surface area (Å²) >= 11 is 0. The van der Waals surface area contributed by atoms with E-state index in [4.69, 9.17) is 0 Å². The predicted molar refractivity (Wildman–Crippen MR) is 60.6 cm³/mol. The quantitative estimate of drug-likeness (QED) is 0.677. The highest BCUT2D eigenvalue weighted by atomic mass is 16.2. The molecule has 0 aromatic carbocycles. The number of amides is 2. The first-order valence-corrected chi connectivity index (χ1v) is 6.14. The highest BCUT2D eigenvalue weighted by molar-refractivity contribution is 6.35. The zero-order valence-corrected chi connectivity index (χ0v) is 9.95. The van der Waals surface area contributed by atoms with Crippen molar-refractivity contribution in [3.63, 3.8) is 0 Å². The van der Waals surface area contributed by atoms with Crippen molar-refractivity contribution in [2.24, 2.45) is 17.8 Å². The van der Waals surface area contributed by atoms with E-state index in [2.05, 4.69) is 10.6 Å². The smallest absolute Gasteiger partial charge is 0.309 e. The molecule has 90 valence electrons. The molecule has 16 heavy (non-hydrogen) atoms. The van der Waals surface area contributed by atoms with Crippen LogP contribution in [0.4, 0.5) is 0 Å². The minimum absolute atomic E-state index is 0.125. The second-order valence-electron chi connectivity index (χ2n) is 5.18. The molecule has 2 rings (SSSR count). The van der Waals surface area contributed by atoms with Gasteiger partial charge in [0.05, 0.1) is 0 Å². The van der Waals surface area contributed by atoms with Gasteiger partial charge in [-0.05, 0) is 43.9 Å². The van der Waals surface area contributed by atoms with Crippen LogP contribution in [-0.4, -0.2) is 24.9 Å². The number of fused-ring (bicyclic) bond motifs is 2. The van der Waals surface area contributed by atoms with Gasteiger partial charge in [0.15, 0.2) is 0 Å². The molecule has 4 atom stereocenters. The molecule has 0 aromatic rings. The SMILES string of the molecule is CNC(=O)C(=O)NC(C)C1CC2CCC1C2. The molecule has 2 N–H and O–H groups in total. The Hall–Kier alpha value is -1.06. The third kappa shape index (κ3) is 2.06. The van der Waals surface area contributed by atoms with Crippen LogP contribution in [0.2, 0.25) is 0 Å². The lowest BCUT2D eigenvalue weighted by atomic mass is 9.84. The van der Waals surface area contributed by atoms with Crippen LogP contribution >= 0.6 is 0 Å². The van der Waals surface area contributed by atoms with Gasteiger partial charge in [-0.25, -0.2) is 0 Å². The number of hydrogen-bond donors (Lipinski definition) is 2. The van der Waals surface area contributed by atoms with Gasteiger partial charge in [0, 0.05) is 13.1 Å². The maximum Gasteiger partial charge on any atom is 0.309 e.